The van der Waals surface area contributed by atoms with Crippen LogP contribution < -0.4 is 9.80 Å². The summed E-state index contributed by atoms with van der Waals surface area (Å²) in [6, 6.07) is 10.4. The van der Waals surface area contributed by atoms with Crippen LogP contribution >= 0.6 is 15.9 Å². The first-order valence-corrected chi connectivity index (χ1v) is 7.91. The average molecular weight is 333 g/mol. The lowest BCUT2D eigenvalue weighted by molar-refractivity contribution is 0.639. The molecule has 0 atom stereocenters. The second-order valence-electron chi connectivity index (χ2n) is 4.79. The van der Waals surface area contributed by atoms with Gasteiger partial charge in [-0.2, -0.15) is 0 Å². The van der Waals surface area contributed by atoms with Crippen LogP contribution in [0.4, 0.5) is 11.6 Å². The second-order valence-corrected chi connectivity index (χ2v) is 5.35. The van der Waals surface area contributed by atoms with E-state index in [1.54, 1.807) is 12.4 Å². The van der Waals surface area contributed by atoms with Crippen molar-refractivity contribution >= 4 is 27.6 Å². The van der Waals surface area contributed by atoms with Crippen LogP contribution in [-0.2, 0) is 5.33 Å². The zero-order valence-corrected chi connectivity index (χ0v) is 12.8. The van der Waals surface area contributed by atoms with Gasteiger partial charge in [-0.1, -0.05) is 34.1 Å². The Morgan fingerprint density at radius 3 is 2.25 bits per heavy atom. The molecule has 0 N–H and O–H groups in total. The monoisotopic (exact) mass is 332 g/mol. The summed E-state index contributed by atoms with van der Waals surface area (Å²) in [6.45, 7) is 3.92. The van der Waals surface area contributed by atoms with Crippen LogP contribution in [0.15, 0.2) is 42.7 Å². The van der Waals surface area contributed by atoms with E-state index in [2.05, 4.69) is 60.0 Å². The average Bonchev–Trinajstić information content (AvgIpc) is 2.56. The first kappa shape index (κ1) is 13.4. The standard InChI is InChI=1S/C15H17BrN4/c16-12-13-4-1-2-5-14(13)19-8-10-20(11-9-19)15-17-6-3-7-18-15/h1-7H,8-12H2. The van der Waals surface area contributed by atoms with Gasteiger partial charge in [0.05, 0.1) is 0 Å². The molecular formula is C15H17BrN4. The van der Waals surface area contributed by atoms with Crippen molar-refractivity contribution in [2.24, 2.45) is 0 Å². The maximum atomic E-state index is 4.32. The number of aromatic nitrogens is 2. The third kappa shape index (κ3) is 2.77. The molecule has 1 fully saturated rings. The molecule has 0 bridgehead atoms. The van der Waals surface area contributed by atoms with Crippen LogP contribution in [0.2, 0.25) is 0 Å². The Labute approximate surface area is 127 Å². The van der Waals surface area contributed by atoms with Crippen LogP contribution in [0.3, 0.4) is 0 Å². The van der Waals surface area contributed by atoms with E-state index >= 15 is 0 Å². The Hall–Kier alpha value is -1.62. The molecule has 0 amide bonds. The zero-order valence-electron chi connectivity index (χ0n) is 11.2. The minimum absolute atomic E-state index is 0.834. The summed E-state index contributed by atoms with van der Waals surface area (Å²) in [5.41, 5.74) is 2.68. The molecule has 1 aromatic carbocycles. The molecule has 4 nitrogen and oxygen atoms in total. The number of alkyl halides is 1. The van der Waals surface area contributed by atoms with E-state index in [9.17, 15) is 0 Å². The third-order valence-electron chi connectivity index (χ3n) is 3.59. The van der Waals surface area contributed by atoms with E-state index in [4.69, 9.17) is 0 Å². The van der Waals surface area contributed by atoms with E-state index in [1.165, 1.54) is 11.3 Å². The number of hydrogen-bond acceptors (Lipinski definition) is 4. The fourth-order valence-electron chi connectivity index (χ4n) is 2.53. The molecule has 0 spiro atoms. The van der Waals surface area contributed by atoms with Crippen LogP contribution in [0, 0.1) is 0 Å². The summed E-state index contributed by atoms with van der Waals surface area (Å²) in [7, 11) is 0. The van der Waals surface area contributed by atoms with E-state index in [1.807, 2.05) is 6.07 Å². The van der Waals surface area contributed by atoms with Gasteiger partial charge in [0.15, 0.2) is 0 Å². The number of nitrogens with zero attached hydrogens (tertiary/aromatic N) is 4. The Bertz CT molecular complexity index is 553. The Morgan fingerprint density at radius 2 is 1.55 bits per heavy atom. The molecule has 5 heteroatoms. The van der Waals surface area contributed by atoms with Gasteiger partial charge < -0.3 is 9.80 Å². The topological polar surface area (TPSA) is 32.3 Å². The fraction of sp³-hybridized carbons (Fsp3) is 0.333. The molecule has 1 aliphatic heterocycles. The number of rotatable bonds is 3. The number of para-hydroxylation sites is 1. The van der Waals surface area contributed by atoms with Gasteiger partial charge in [-0.3, -0.25) is 0 Å². The number of benzene rings is 1. The van der Waals surface area contributed by atoms with Crippen molar-refractivity contribution < 1.29 is 0 Å². The van der Waals surface area contributed by atoms with E-state index in [-0.39, 0.29) is 0 Å². The molecule has 1 aliphatic rings. The molecule has 0 aliphatic carbocycles. The van der Waals surface area contributed by atoms with Crippen molar-refractivity contribution in [2.45, 2.75) is 5.33 Å². The van der Waals surface area contributed by atoms with Gasteiger partial charge in [0.25, 0.3) is 0 Å². The predicted octanol–water partition coefficient (Wildman–Crippen LogP) is 2.70. The summed E-state index contributed by atoms with van der Waals surface area (Å²) in [4.78, 5) is 13.3. The van der Waals surface area contributed by atoms with Gasteiger partial charge in [-0.25, -0.2) is 9.97 Å². The van der Waals surface area contributed by atoms with Crippen LogP contribution in [0.1, 0.15) is 5.56 Å². The summed E-state index contributed by atoms with van der Waals surface area (Å²) in [6.07, 6.45) is 3.60. The minimum Gasteiger partial charge on any atom is -0.368 e. The van der Waals surface area contributed by atoms with Gasteiger partial charge in [-0.05, 0) is 17.7 Å². The van der Waals surface area contributed by atoms with E-state index in [0.717, 1.165) is 37.5 Å². The Morgan fingerprint density at radius 1 is 0.900 bits per heavy atom. The lowest BCUT2D eigenvalue weighted by Crippen LogP contribution is -2.47. The highest BCUT2D eigenvalue weighted by molar-refractivity contribution is 9.08. The molecule has 0 unspecified atom stereocenters. The molecule has 0 saturated carbocycles. The summed E-state index contributed by atoms with van der Waals surface area (Å²) < 4.78 is 0. The second kappa shape index (κ2) is 6.22. The third-order valence-corrected chi connectivity index (χ3v) is 4.20. The van der Waals surface area contributed by atoms with Gasteiger partial charge >= 0.3 is 0 Å². The minimum atomic E-state index is 0.834. The van der Waals surface area contributed by atoms with E-state index in [0.29, 0.717) is 0 Å². The highest BCUT2D eigenvalue weighted by Crippen LogP contribution is 2.24. The summed E-state index contributed by atoms with van der Waals surface area (Å²) >= 11 is 3.57. The van der Waals surface area contributed by atoms with Gasteiger partial charge in [-0.15, -0.1) is 0 Å². The lowest BCUT2D eigenvalue weighted by Gasteiger charge is -2.36. The fourth-order valence-corrected chi connectivity index (χ4v) is 3.01. The SMILES string of the molecule is BrCc1ccccc1N1CCN(c2ncccn2)CC1. The zero-order chi connectivity index (χ0) is 13.8. The van der Waals surface area contributed by atoms with Crippen LogP contribution in [-0.4, -0.2) is 36.1 Å². The van der Waals surface area contributed by atoms with Crippen molar-refractivity contribution in [1.82, 2.24) is 9.97 Å². The molecule has 0 radical (unpaired) electrons. The van der Waals surface area contributed by atoms with Crippen molar-refractivity contribution in [3.05, 3.63) is 48.3 Å². The first-order valence-electron chi connectivity index (χ1n) is 6.79. The lowest BCUT2D eigenvalue weighted by atomic mass is 10.1. The Balaban J connectivity index is 1.70. The predicted molar refractivity (Wildman–Crippen MR) is 85.5 cm³/mol. The van der Waals surface area contributed by atoms with E-state index < -0.39 is 0 Å². The largest absolute Gasteiger partial charge is 0.368 e. The van der Waals surface area contributed by atoms with Crippen LogP contribution in [0.25, 0.3) is 0 Å². The smallest absolute Gasteiger partial charge is 0.225 e. The first-order chi connectivity index (χ1) is 9.88. The maximum absolute atomic E-state index is 4.32. The van der Waals surface area contributed by atoms with Crippen molar-refractivity contribution in [1.29, 1.82) is 0 Å². The summed E-state index contributed by atoms with van der Waals surface area (Å²) in [5, 5.41) is 0.894. The van der Waals surface area contributed by atoms with Crippen molar-refractivity contribution in [2.75, 3.05) is 36.0 Å². The molecule has 3 rings (SSSR count). The normalized spacial score (nSPS) is 15.4. The molecule has 2 aromatic rings. The maximum Gasteiger partial charge on any atom is 0.225 e. The molecule has 104 valence electrons. The number of piperazine rings is 1. The molecule has 1 saturated heterocycles. The highest BCUT2D eigenvalue weighted by atomic mass is 79.9. The summed E-state index contributed by atoms with van der Waals surface area (Å²) in [5.74, 6) is 0.834. The van der Waals surface area contributed by atoms with Gasteiger partial charge in [0.1, 0.15) is 0 Å². The number of halogens is 1. The quantitative estimate of drug-likeness (QED) is 0.809. The Kier molecular flexibility index (Phi) is 4.16. The van der Waals surface area contributed by atoms with Gasteiger partial charge in [0, 0.05) is 49.6 Å². The molecule has 1 aromatic heterocycles. The van der Waals surface area contributed by atoms with Gasteiger partial charge in [0.2, 0.25) is 5.95 Å². The molecule has 2 heterocycles. The van der Waals surface area contributed by atoms with Crippen molar-refractivity contribution in [3.63, 3.8) is 0 Å². The molecular weight excluding hydrogens is 316 g/mol. The number of anilines is 2. The molecule has 20 heavy (non-hydrogen) atoms. The highest BCUT2D eigenvalue weighted by Gasteiger charge is 2.20. The van der Waals surface area contributed by atoms with Crippen molar-refractivity contribution in [3.8, 4) is 0 Å². The number of hydrogen-bond donors (Lipinski definition) is 0. The van der Waals surface area contributed by atoms with Crippen LogP contribution in [0.5, 0.6) is 0 Å².